The van der Waals surface area contributed by atoms with Crippen LogP contribution in [0, 0.1) is 6.42 Å². The first-order valence-electron chi connectivity index (χ1n) is 2.47. The maximum absolute atomic E-state index is 4.40. The Kier molecular flexibility index (Phi) is 1.88. The van der Waals surface area contributed by atoms with E-state index in [0.717, 1.165) is 0 Å². The Morgan fingerprint density at radius 2 is 2.62 bits per heavy atom. The van der Waals surface area contributed by atoms with Gasteiger partial charge in [-0.05, 0) is 12.5 Å². The molecule has 1 aliphatic heterocycles. The van der Waals surface area contributed by atoms with Crippen molar-refractivity contribution in [2.24, 2.45) is 0 Å². The molecule has 0 saturated heterocycles. The summed E-state index contributed by atoms with van der Waals surface area (Å²) in [4.78, 5) is 8.79. The highest BCUT2D eigenvalue weighted by Gasteiger charge is 2.04. The molecule has 0 aromatic heterocycles. The molecular formula is C5H8NO2. The molecule has 3 heteroatoms. The summed E-state index contributed by atoms with van der Waals surface area (Å²) < 4.78 is 0. The standard InChI is InChI=1S/C5H8NO2/c1-2-5-3-4-7-8-6-5/h2-6H,1H3. The van der Waals surface area contributed by atoms with Crippen molar-refractivity contribution in [3.8, 4) is 0 Å². The van der Waals surface area contributed by atoms with E-state index in [0.29, 0.717) is 0 Å². The zero-order valence-corrected chi connectivity index (χ0v) is 4.63. The van der Waals surface area contributed by atoms with Crippen LogP contribution in [0.2, 0.25) is 0 Å². The Balaban J connectivity index is 2.32. The summed E-state index contributed by atoms with van der Waals surface area (Å²) in [6, 6.07) is 0.184. The van der Waals surface area contributed by atoms with Crippen LogP contribution in [0.1, 0.15) is 6.92 Å². The van der Waals surface area contributed by atoms with Gasteiger partial charge in [0, 0.05) is 0 Å². The minimum Gasteiger partial charge on any atom is -0.328 e. The second-order valence-corrected chi connectivity index (χ2v) is 1.49. The SMILES string of the molecule is C[CH]C1C=COON1. The van der Waals surface area contributed by atoms with Crippen LogP contribution in [-0.4, -0.2) is 6.04 Å². The molecule has 1 aliphatic rings. The lowest BCUT2D eigenvalue weighted by Crippen LogP contribution is -2.29. The third kappa shape index (κ3) is 1.21. The molecule has 1 unspecified atom stereocenters. The summed E-state index contributed by atoms with van der Waals surface area (Å²) in [7, 11) is 0. The third-order valence-corrected chi connectivity index (χ3v) is 0.933. The molecule has 1 atom stereocenters. The molecule has 0 amide bonds. The van der Waals surface area contributed by atoms with Gasteiger partial charge in [0.05, 0.1) is 6.04 Å². The van der Waals surface area contributed by atoms with E-state index in [2.05, 4.69) is 15.4 Å². The monoisotopic (exact) mass is 114 g/mol. The van der Waals surface area contributed by atoms with Crippen molar-refractivity contribution in [1.29, 1.82) is 0 Å². The zero-order chi connectivity index (χ0) is 5.82. The molecule has 0 aromatic rings. The first-order valence-corrected chi connectivity index (χ1v) is 2.47. The van der Waals surface area contributed by atoms with Gasteiger partial charge in [0.15, 0.2) is 0 Å². The highest BCUT2D eigenvalue weighted by Crippen LogP contribution is 1.97. The Hall–Kier alpha value is -0.540. The fourth-order valence-corrected chi connectivity index (χ4v) is 0.446. The second kappa shape index (κ2) is 2.69. The van der Waals surface area contributed by atoms with Crippen LogP contribution in [0.25, 0.3) is 0 Å². The lowest BCUT2D eigenvalue weighted by atomic mass is 10.2. The maximum atomic E-state index is 4.40. The molecule has 1 radical (unpaired) electrons. The average molecular weight is 114 g/mol. The van der Waals surface area contributed by atoms with Crippen LogP contribution >= 0.6 is 0 Å². The van der Waals surface area contributed by atoms with Gasteiger partial charge in [-0.3, -0.25) is 0 Å². The van der Waals surface area contributed by atoms with E-state index >= 15 is 0 Å². The van der Waals surface area contributed by atoms with E-state index in [4.69, 9.17) is 0 Å². The number of rotatable bonds is 1. The lowest BCUT2D eigenvalue weighted by Gasteiger charge is -2.13. The van der Waals surface area contributed by atoms with Crippen LogP contribution in [0.15, 0.2) is 12.3 Å². The molecule has 1 N–H and O–H groups in total. The number of hydrogen-bond acceptors (Lipinski definition) is 3. The Morgan fingerprint density at radius 3 is 3.00 bits per heavy atom. The van der Waals surface area contributed by atoms with Crippen molar-refractivity contribution in [1.82, 2.24) is 5.48 Å². The van der Waals surface area contributed by atoms with Gasteiger partial charge in [-0.15, -0.1) is 0 Å². The first-order chi connectivity index (χ1) is 3.93. The summed E-state index contributed by atoms with van der Waals surface area (Å²) in [5, 5.41) is 0. The predicted molar refractivity (Wildman–Crippen MR) is 28.2 cm³/mol. The number of nitrogens with one attached hydrogen (secondary N) is 1. The fraction of sp³-hybridized carbons (Fsp3) is 0.400. The Morgan fingerprint density at radius 1 is 1.75 bits per heavy atom. The molecule has 8 heavy (non-hydrogen) atoms. The van der Waals surface area contributed by atoms with Crippen LogP contribution in [-0.2, 0) is 9.88 Å². The Bertz CT molecular complexity index is 92.4. The molecule has 0 bridgehead atoms. The van der Waals surface area contributed by atoms with E-state index < -0.39 is 0 Å². The minimum atomic E-state index is 0.184. The van der Waals surface area contributed by atoms with Gasteiger partial charge in [0.1, 0.15) is 6.26 Å². The molecule has 0 aliphatic carbocycles. The molecule has 1 rings (SSSR count). The van der Waals surface area contributed by atoms with Gasteiger partial charge < -0.3 is 4.89 Å². The Labute approximate surface area is 48.2 Å². The number of hydrogen-bond donors (Lipinski definition) is 1. The van der Waals surface area contributed by atoms with E-state index in [9.17, 15) is 0 Å². The van der Waals surface area contributed by atoms with E-state index in [1.54, 1.807) is 0 Å². The molecule has 45 valence electrons. The van der Waals surface area contributed by atoms with Gasteiger partial charge in [-0.2, -0.15) is 5.48 Å². The number of hydroxylamine groups is 1. The van der Waals surface area contributed by atoms with Crippen molar-refractivity contribution >= 4 is 0 Å². The molecule has 0 fully saturated rings. The predicted octanol–water partition coefficient (Wildman–Crippen LogP) is 0.559. The van der Waals surface area contributed by atoms with Crippen molar-refractivity contribution in [2.45, 2.75) is 13.0 Å². The van der Waals surface area contributed by atoms with E-state index in [1.807, 2.05) is 19.4 Å². The summed E-state index contributed by atoms with van der Waals surface area (Å²) in [6.07, 6.45) is 5.31. The van der Waals surface area contributed by atoms with Crippen molar-refractivity contribution in [3.05, 3.63) is 18.8 Å². The maximum Gasteiger partial charge on any atom is 0.129 e. The van der Waals surface area contributed by atoms with Gasteiger partial charge in [0.2, 0.25) is 0 Å². The highest BCUT2D eigenvalue weighted by molar-refractivity contribution is 4.95. The third-order valence-electron chi connectivity index (χ3n) is 0.933. The molecular weight excluding hydrogens is 106 g/mol. The zero-order valence-electron chi connectivity index (χ0n) is 4.63. The molecule has 3 nitrogen and oxygen atoms in total. The van der Waals surface area contributed by atoms with Crippen molar-refractivity contribution < 1.29 is 9.88 Å². The summed E-state index contributed by atoms with van der Waals surface area (Å²) >= 11 is 0. The normalized spacial score (nSPS) is 27.4. The smallest absolute Gasteiger partial charge is 0.129 e. The summed E-state index contributed by atoms with van der Waals surface area (Å²) in [5.74, 6) is 0. The molecule has 1 heterocycles. The van der Waals surface area contributed by atoms with E-state index in [1.165, 1.54) is 6.26 Å². The highest BCUT2D eigenvalue weighted by atomic mass is 17.3. The van der Waals surface area contributed by atoms with Crippen molar-refractivity contribution in [3.63, 3.8) is 0 Å². The van der Waals surface area contributed by atoms with Gasteiger partial charge >= 0.3 is 0 Å². The first kappa shape index (κ1) is 5.59. The average Bonchev–Trinajstić information content (AvgIpc) is 1.90. The van der Waals surface area contributed by atoms with Gasteiger partial charge in [-0.25, -0.2) is 0 Å². The van der Waals surface area contributed by atoms with Crippen LogP contribution in [0.3, 0.4) is 0 Å². The molecule has 0 aromatic carbocycles. The van der Waals surface area contributed by atoms with Gasteiger partial charge in [-0.1, -0.05) is 11.9 Å². The molecule has 0 spiro atoms. The minimum absolute atomic E-state index is 0.184. The second-order valence-electron chi connectivity index (χ2n) is 1.49. The lowest BCUT2D eigenvalue weighted by molar-refractivity contribution is -0.307. The summed E-state index contributed by atoms with van der Waals surface area (Å²) in [5.41, 5.74) is 2.60. The fourth-order valence-electron chi connectivity index (χ4n) is 0.446. The van der Waals surface area contributed by atoms with Crippen molar-refractivity contribution in [2.75, 3.05) is 0 Å². The topological polar surface area (TPSA) is 30.5 Å². The van der Waals surface area contributed by atoms with Crippen LogP contribution < -0.4 is 5.48 Å². The van der Waals surface area contributed by atoms with Crippen LogP contribution in [0.4, 0.5) is 0 Å². The van der Waals surface area contributed by atoms with Gasteiger partial charge in [0.25, 0.3) is 0 Å². The molecule has 0 saturated carbocycles. The largest absolute Gasteiger partial charge is 0.328 e. The van der Waals surface area contributed by atoms with Crippen LogP contribution in [0.5, 0.6) is 0 Å². The van der Waals surface area contributed by atoms with E-state index in [-0.39, 0.29) is 6.04 Å². The summed E-state index contributed by atoms with van der Waals surface area (Å²) in [6.45, 7) is 1.94. The quantitative estimate of drug-likeness (QED) is 0.505.